The Morgan fingerprint density at radius 2 is 1.52 bits per heavy atom. The lowest BCUT2D eigenvalue weighted by molar-refractivity contribution is -0.125. The summed E-state index contributed by atoms with van der Waals surface area (Å²) in [4.78, 5) is 38.3. The van der Waals surface area contributed by atoms with E-state index in [-0.39, 0.29) is 17.4 Å². The van der Waals surface area contributed by atoms with Gasteiger partial charge in [-0.25, -0.2) is 9.69 Å². The molecule has 1 N–H and O–H groups in total. The number of thiophene rings is 1. The number of hydrogen-bond acceptors (Lipinski definition) is 4. The van der Waals surface area contributed by atoms with Gasteiger partial charge >= 0.3 is 5.97 Å². The summed E-state index contributed by atoms with van der Waals surface area (Å²) in [6.45, 7) is 0. The van der Waals surface area contributed by atoms with Crippen molar-refractivity contribution in [1.29, 1.82) is 0 Å². The molecule has 0 radical (unpaired) electrons. The van der Waals surface area contributed by atoms with Crippen LogP contribution in [0.5, 0.6) is 0 Å². The summed E-state index contributed by atoms with van der Waals surface area (Å²) in [7, 11) is 0. The van der Waals surface area contributed by atoms with E-state index in [0.717, 1.165) is 41.0 Å². The summed E-state index contributed by atoms with van der Waals surface area (Å²) >= 11 is 1.32. The number of aryl methyl sites for hydroxylation is 1. The lowest BCUT2D eigenvalue weighted by Gasteiger charge is -2.18. The van der Waals surface area contributed by atoms with Crippen LogP contribution in [0.2, 0.25) is 0 Å². The van der Waals surface area contributed by atoms with E-state index >= 15 is 0 Å². The van der Waals surface area contributed by atoms with Gasteiger partial charge in [-0.15, -0.1) is 11.3 Å². The van der Waals surface area contributed by atoms with Gasteiger partial charge in [-0.05, 0) is 44.1 Å². The minimum atomic E-state index is -1.03. The Kier molecular flexibility index (Phi) is 3.80. The van der Waals surface area contributed by atoms with E-state index in [1.807, 2.05) is 0 Å². The zero-order valence-corrected chi connectivity index (χ0v) is 12.5. The highest BCUT2D eigenvalue weighted by Gasteiger charge is 2.34. The van der Waals surface area contributed by atoms with Gasteiger partial charge in [-0.2, -0.15) is 0 Å². The fraction of sp³-hybridized carbons (Fsp3) is 0.533. The Morgan fingerprint density at radius 1 is 0.952 bits per heavy atom. The highest BCUT2D eigenvalue weighted by atomic mass is 32.1. The number of rotatable bonds is 2. The van der Waals surface area contributed by atoms with E-state index in [4.69, 9.17) is 0 Å². The van der Waals surface area contributed by atoms with Crippen molar-refractivity contribution in [2.24, 2.45) is 0 Å². The van der Waals surface area contributed by atoms with Crippen LogP contribution in [-0.2, 0) is 22.4 Å². The molecule has 0 atom stereocenters. The quantitative estimate of drug-likeness (QED) is 0.853. The molecule has 1 aliphatic heterocycles. The maximum atomic E-state index is 12.2. The molecule has 2 amide bonds. The van der Waals surface area contributed by atoms with Gasteiger partial charge in [0.2, 0.25) is 11.8 Å². The van der Waals surface area contributed by atoms with E-state index < -0.39 is 5.97 Å². The van der Waals surface area contributed by atoms with Gasteiger partial charge < -0.3 is 5.11 Å². The average molecular weight is 307 g/mol. The second kappa shape index (κ2) is 5.60. The maximum absolute atomic E-state index is 12.2. The van der Waals surface area contributed by atoms with Crippen LogP contribution in [0.15, 0.2) is 0 Å². The Bertz CT molecular complexity index is 601. The standard InChI is InChI=1S/C15H17NO4S/c17-11-7-3-4-8-12(18)16(11)14-13(15(19)20)9-5-1-2-6-10(9)21-14/h1-8H2,(H,19,20). The molecule has 1 saturated heterocycles. The molecule has 1 fully saturated rings. The monoisotopic (exact) mass is 307 g/mol. The highest BCUT2D eigenvalue weighted by Crippen LogP contribution is 2.41. The topological polar surface area (TPSA) is 74.7 Å². The second-order valence-corrected chi connectivity index (χ2v) is 6.61. The number of amides is 2. The predicted molar refractivity (Wildman–Crippen MR) is 78.9 cm³/mol. The van der Waals surface area contributed by atoms with E-state index in [1.54, 1.807) is 0 Å². The largest absolute Gasteiger partial charge is 0.478 e. The van der Waals surface area contributed by atoms with Crippen LogP contribution >= 0.6 is 11.3 Å². The van der Waals surface area contributed by atoms with Crippen LogP contribution in [0.3, 0.4) is 0 Å². The number of anilines is 1. The van der Waals surface area contributed by atoms with Crippen LogP contribution in [0.4, 0.5) is 5.00 Å². The number of fused-ring (bicyclic) bond motifs is 1. The first kappa shape index (κ1) is 14.3. The molecule has 3 rings (SSSR count). The van der Waals surface area contributed by atoms with Crippen molar-refractivity contribution in [3.05, 3.63) is 16.0 Å². The highest BCUT2D eigenvalue weighted by molar-refractivity contribution is 7.17. The Hall–Kier alpha value is -1.69. The third kappa shape index (κ3) is 2.48. The molecule has 6 heteroatoms. The number of carboxylic acid groups (broad SMARTS) is 1. The molecule has 0 saturated carbocycles. The predicted octanol–water partition coefficient (Wildman–Crippen LogP) is 2.76. The minimum absolute atomic E-state index is 0.179. The van der Waals surface area contributed by atoms with Gasteiger partial charge in [0.15, 0.2) is 0 Å². The average Bonchev–Trinajstić information content (AvgIpc) is 2.74. The summed E-state index contributed by atoms with van der Waals surface area (Å²) in [6.07, 6.45) is 5.57. The molecule has 2 heterocycles. The Balaban J connectivity index is 2.12. The van der Waals surface area contributed by atoms with Crippen molar-refractivity contribution in [1.82, 2.24) is 0 Å². The van der Waals surface area contributed by atoms with E-state index in [2.05, 4.69) is 0 Å². The number of carboxylic acids is 1. The van der Waals surface area contributed by atoms with Crippen LogP contribution in [0, 0.1) is 0 Å². The molecule has 5 nitrogen and oxygen atoms in total. The van der Waals surface area contributed by atoms with Crippen molar-refractivity contribution in [3.8, 4) is 0 Å². The Labute approximate surface area is 126 Å². The SMILES string of the molecule is O=C(O)c1c(N2C(=O)CCCCC2=O)sc2c1CCCC2. The molecule has 0 bridgehead atoms. The first-order valence-electron chi connectivity index (χ1n) is 7.33. The lowest BCUT2D eigenvalue weighted by Crippen LogP contribution is -2.35. The smallest absolute Gasteiger partial charge is 0.339 e. The number of nitrogens with zero attached hydrogens (tertiary/aromatic N) is 1. The van der Waals surface area contributed by atoms with E-state index in [0.29, 0.717) is 30.7 Å². The van der Waals surface area contributed by atoms with Crippen LogP contribution in [0.25, 0.3) is 0 Å². The number of imide groups is 1. The van der Waals surface area contributed by atoms with Gasteiger partial charge in [-0.3, -0.25) is 9.59 Å². The maximum Gasteiger partial charge on any atom is 0.339 e. The number of carbonyl (C=O) groups is 3. The van der Waals surface area contributed by atoms with Crippen LogP contribution in [-0.4, -0.2) is 22.9 Å². The number of aromatic carboxylic acids is 1. The van der Waals surface area contributed by atoms with Gasteiger partial charge in [0, 0.05) is 17.7 Å². The summed E-state index contributed by atoms with van der Waals surface area (Å²) in [6, 6.07) is 0. The van der Waals surface area contributed by atoms with E-state index in [9.17, 15) is 19.5 Å². The number of hydrogen-bond donors (Lipinski definition) is 1. The molecule has 21 heavy (non-hydrogen) atoms. The molecule has 112 valence electrons. The van der Waals surface area contributed by atoms with Gasteiger partial charge in [0.1, 0.15) is 5.00 Å². The van der Waals surface area contributed by atoms with Gasteiger partial charge in [0.25, 0.3) is 0 Å². The Morgan fingerprint density at radius 3 is 2.14 bits per heavy atom. The molecule has 0 unspecified atom stereocenters. The molecule has 1 aromatic rings. The minimum Gasteiger partial charge on any atom is -0.478 e. The third-order valence-corrected chi connectivity index (χ3v) is 5.38. The molecule has 1 aliphatic carbocycles. The fourth-order valence-electron chi connectivity index (χ4n) is 3.07. The second-order valence-electron chi connectivity index (χ2n) is 5.53. The van der Waals surface area contributed by atoms with Gasteiger partial charge in [0.05, 0.1) is 5.56 Å². The molecule has 1 aromatic heterocycles. The fourth-order valence-corrected chi connectivity index (χ4v) is 4.49. The van der Waals surface area contributed by atoms with Crippen LogP contribution in [0.1, 0.15) is 59.3 Å². The van der Waals surface area contributed by atoms with E-state index in [1.165, 1.54) is 11.3 Å². The zero-order chi connectivity index (χ0) is 15.0. The summed E-state index contributed by atoms with van der Waals surface area (Å²) in [5.41, 5.74) is 1.01. The van der Waals surface area contributed by atoms with Crippen molar-refractivity contribution in [2.75, 3.05) is 4.90 Å². The van der Waals surface area contributed by atoms with Gasteiger partial charge in [-0.1, -0.05) is 0 Å². The summed E-state index contributed by atoms with van der Waals surface area (Å²) in [5, 5.41) is 9.88. The number of carbonyl (C=O) groups excluding carboxylic acids is 2. The summed E-state index contributed by atoms with van der Waals surface area (Å²) < 4.78 is 0. The molecular formula is C15H17NO4S. The molecular weight excluding hydrogens is 290 g/mol. The molecule has 0 spiro atoms. The van der Waals surface area contributed by atoms with Crippen molar-refractivity contribution >= 4 is 34.1 Å². The van der Waals surface area contributed by atoms with Crippen molar-refractivity contribution in [3.63, 3.8) is 0 Å². The third-order valence-electron chi connectivity index (χ3n) is 4.10. The zero-order valence-electron chi connectivity index (χ0n) is 11.7. The normalized spacial score (nSPS) is 19.3. The van der Waals surface area contributed by atoms with Crippen LogP contribution < -0.4 is 4.90 Å². The van der Waals surface area contributed by atoms with Crippen molar-refractivity contribution in [2.45, 2.75) is 51.4 Å². The lowest BCUT2D eigenvalue weighted by atomic mass is 9.95. The first-order chi connectivity index (χ1) is 10.1. The summed E-state index contributed by atoms with van der Waals surface area (Å²) in [5.74, 6) is -1.56. The molecule has 0 aromatic carbocycles. The van der Waals surface area contributed by atoms with Crippen molar-refractivity contribution < 1.29 is 19.5 Å². The molecule has 2 aliphatic rings. The first-order valence-corrected chi connectivity index (χ1v) is 8.15.